The molecule has 138 valence electrons. The number of phenolic OH excluding ortho intramolecular Hbond substituents is 1. The molecule has 3 rings (SSSR count). The Morgan fingerprint density at radius 1 is 1.19 bits per heavy atom. The first-order valence-corrected chi connectivity index (χ1v) is 7.66. The maximum Gasteiger partial charge on any atom is 0.342 e. The number of ether oxygens (including phenoxy) is 2. The molecule has 2 aromatic rings. The third kappa shape index (κ3) is 3.38. The van der Waals surface area contributed by atoms with E-state index >= 15 is 0 Å². The Morgan fingerprint density at radius 2 is 1.92 bits per heavy atom. The number of hydrogen-bond acceptors (Lipinski definition) is 8. The van der Waals surface area contributed by atoms with Crippen molar-refractivity contribution in [3.05, 3.63) is 62.9 Å². The summed E-state index contributed by atoms with van der Waals surface area (Å²) in [6.07, 6.45) is -4.16. The van der Waals surface area contributed by atoms with Gasteiger partial charge in [-0.15, -0.1) is 0 Å². The molecule has 0 spiro atoms. The van der Waals surface area contributed by atoms with Crippen LogP contribution < -0.4 is 11.2 Å². The third-order valence-electron chi connectivity index (χ3n) is 3.97. The highest BCUT2D eigenvalue weighted by atomic mass is 16.6. The number of aliphatic hydroxyl groups excluding tert-OH is 2. The molecule has 10 heteroatoms. The lowest BCUT2D eigenvalue weighted by Crippen LogP contribution is -2.37. The van der Waals surface area contributed by atoms with Gasteiger partial charge in [0.15, 0.2) is 6.23 Å². The fourth-order valence-electron chi connectivity index (χ4n) is 2.61. The Kier molecular flexibility index (Phi) is 4.89. The molecule has 0 amide bonds. The Labute approximate surface area is 145 Å². The number of nitrogens with one attached hydrogen (secondary N) is 1. The lowest BCUT2D eigenvalue weighted by molar-refractivity contribution is -0.0599. The zero-order valence-electron chi connectivity index (χ0n) is 13.3. The number of aromatic nitrogens is 2. The number of para-hydroxylation sites is 1. The summed E-state index contributed by atoms with van der Waals surface area (Å²) < 4.78 is 11.3. The van der Waals surface area contributed by atoms with E-state index < -0.39 is 48.4 Å². The zero-order chi connectivity index (χ0) is 18.8. The van der Waals surface area contributed by atoms with Crippen LogP contribution in [0.2, 0.25) is 0 Å². The maximum atomic E-state index is 12.0. The van der Waals surface area contributed by atoms with Gasteiger partial charge in [-0.05, 0) is 12.1 Å². The van der Waals surface area contributed by atoms with Crippen molar-refractivity contribution < 1.29 is 29.6 Å². The molecule has 1 aliphatic heterocycles. The molecule has 1 fully saturated rings. The Bertz CT molecular complexity index is 921. The minimum absolute atomic E-state index is 0.0612. The van der Waals surface area contributed by atoms with Gasteiger partial charge >= 0.3 is 11.7 Å². The fourth-order valence-corrected chi connectivity index (χ4v) is 2.61. The van der Waals surface area contributed by atoms with Gasteiger partial charge in [0.25, 0.3) is 5.56 Å². The van der Waals surface area contributed by atoms with Crippen molar-refractivity contribution in [1.82, 2.24) is 9.55 Å². The highest BCUT2D eigenvalue weighted by molar-refractivity contribution is 5.92. The summed E-state index contributed by atoms with van der Waals surface area (Å²) in [4.78, 5) is 36.9. The van der Waals surface area contributed by atoms with Crippen molar-refractivity contribution in [3.63, 3.8) is 0 Å². The standard InChI is InChI=1S/C16H16N2O8/c19-9-4-2-1-3-8(9)15(23)25-7-10-12(21)13(22)14(26-10)18-6-5-11(20)17-16(18)24/h1-6,10,12-14,19,21-22H,7H2,(H,17,20,24)/t10-,12-,13-,14-/m1/s1. The normalized spacial score (nSPS) is 25.2. The van der Waals surface area contributed by atoms with Crippen LogP contribution >= 0.6 is 0 Å². The highest BCUT2D eigenvalue weighted by Crippen LogP contribution is 2.28. The molecule has 10 nitrogen and oxygen atoms in total. The van der Waals surface area contributed by atoms with Gasteiger partial charge in [-0.2, -0.15) is 0 Å². The molecular formula is C16H16N2O8. The fraction of sp³-hybridized carbons (Fsp3) is 0.312. The van der Waals surface area contributed by atoms with E-state index in [2.05, 4.69) is 0 Å². The van der Waals surface area contributed by atoms with Gasteiger partial charge < -0.3 is 24.8 Å². The molecule has 1 saturated heterocycles. The lowest BCUT2D eigenvalue weighted by atomic mass is 10.1. The van der Waals surface area contributed by atoms with Crippen LogP contribution in [-0.2, 0) is 9.47 Å². The topological polar surface area (TPSA) is 151 Å². The second kappa shape index (κ2) is 7.12. The largest absolute Gasteiger partial charge is 0.507 e. The van der Waals surface area contributed by atoms with Crippen LogP contribution in [0, 0.1) is 0 Å². The van der Waals surface area contributed by atoms with Gasteiger partial charge in [-0.3, -0.25) is 14.3 Å². The lowest BCUT2D eigenvalue weighted by Gasteiger charge is -2.16. The predicted octanol–water partition coefficient (Wildman–Crippen LogP) is -1.28. The molecule has 1 aromatic heterocycles. The van der Waals surface area contributed by atoms with Gasteiger partial charge in [-0.25, -0.2) is 9.59 Å². The quantitative estimate of drug-likeness (QED) is 0.490. The van der Waals surface area contributed by atoms with E-state index in [1.807, 2.05) is 4.98 Å². The minimum atomic E-state index is -1.48. The summed E-state index contributed by atoms with van der Waals surface area (Å²) in [6.45, 7) is -0.417. The van der Waals surface area contributed by atoms with Crippen LogP contribution in [0.25, 0.3) is 0 Å². The number of nitrogens with zero attached hydrogens (tertiary/aromatic N) is 1. The van der Waals surface area contributed by atoms with E-state index in [1.54, 1.807) is 12.1 Å². The van der Waals surface area contributed by atoms with E-state index in [-0.39, 0.29) is 11.3 Å². The van der Waals surface area contributed by atoms with Crippen LogP contribution in [0.15, 0.2) is 46.1 Å². The molecule has 2 heterocycles. The summed E-state index contributed by atoms with van der Waals surface area (Å²) in [5.74, 6) is -1.10. The SMILES string of the molecule is O=C(OC[C@H]1O[C@@H](n2ccc(=O)[nH]c2=O)[C@H](O)[C@@H]1O)c1ccccc1O. The van der Waals surface area contributed by atoms with Gasteiger partial charge in [0.2, 0.25) is 0 Å². The number of rotatable bonds is 4. The second-order valence-electron chi connectivity index (χ2n) is 5.68. The molecule has 0 radical (unpaired) electrons. The smallest absolute Gasteiger partial charge is 0.342 e. The van der Waals surface area contributed by atoms with Gasteiger partial charge in [-0.1, -0.05) is 12.1 Å². The number of H-pyrrole nitrogens is 1. The highest BCUT2D eigenvalue weighted by Gasteiger charge is 2.44. The van der Waals surface area contributed by atoms with Crippen molar-refractivity contribution in [1.29, 1.82) is 0 Å². The van der Waals surface area contributed by atoms with E-state index in [4.69, 9.17) is 9.47 Å². The molecule has 1 aromatic carbocycles. The number of carbonyl (C=O) groups is 1. The monoisotopic (exact) mass is 364 g/mol. The van der Waals surface area contributed by atoms with E-state index in [0.717, 1.165) is 16.8 Å². The molecule has 4 atom stereocenters. The Hall–Kier alpha value is -2.95. The van der Waals surface area contributed by atoms with E-state index in [1.165, 1.54) is 12.1 Å². The molecule has 0 unspecified atom stereocenters. The first-order valence-electron chi connectivity index (χ1n) is 7.66. The number of carbonyl (C=O) groups excluding carboxylic acids is 1. The number of hydrogen-bond donors (Lipinski definition) is 4. The summed E-state index contributed by atoms with van der Waals surface area (Å²) in [5, 5.41) is 29.8. The number of aromatic hydroxyl groups is 1. The summed E-state index contributed by atoms with van der Waals surface area (Å²) in [7, 11) is 0. The summed E-state index contributed by atoms with van der Waals surface area (Å²) in [5.41, 5.74) is -1.50. The van der Waals surface area contributed by atoms with Gasteiger partial charge in [0, 0.05) is 12.3 Å². The van der Waals surface area contributed by atoms with Crippen molar-refractivity contribution in [3.8, 4) is 5.75 Å². The first-order chi connectivity index (χ1) is 12.4. The van der Waals surface area contributed by atoms with Crippen molar-refractivity contribution in [2.24, 2.45) is 0 Å². The van der Waals surface area contributed by atoms with Gasteiger partial charge in [0.1, 0.15) is 36.2 Å². The third-order valence-corrected chi connectivity index (χ3v) is 3.97. The molecular weight excluding hydrogens is 348 g/mol. The number of esters is 1. The number of benzene rings is 1. The zero-order valence-corrected chi connectivity index (χ0v) is 13.3. The van der Waals surface area contributed by atoms with E-state index in [0.29, 0.717) is 0 Å². The average Bonchev–Trinajstić information content (AvgIpc) is 2.88. The second-order valence-corrected chi connectivity index (χ2v) is 5.68. The number of aromatic amines is 1. The summed E-state index contributed by atoms with van der Waals surface area (Å²) >= 11 is 0. The van der Waals surface area contributed by atoms with Crippen LogP contribution in [-0.4, -0.2) is 55.8 Å². The van der Waals surface area contributed by atoms with Crippen LogP contribution in [0.4, 0.5) is 0 Å². The molecule has 26 heavy (non-hydrogen) atoms. The Balaban J connectivity index is 1.70. The van der Waals surface area contributed by atoms with Crippen LogP contribution in [0.5, 0.6) is 5.75 Å². The van der Waals surface area contributed by atoms with Crippen LogP contribution in [0.3, 0.4) is 0 Å². The van der Waals surface area contributed by atoms with Crippen molar-refractivity contribution >= 4 is 5.97 Å². The number of phenols is 1. The van der Waals surface area contributed by atoms with Crippen molar-refractivity contribution in [2.45, 2.75) is 24.5 Å². The average molecular weight is 364 g/mol. The maximum absolute atomic E-state index is 12.0. The molecule has 1 aliphatic rings. The summed E-state index contributed by atoms with van der Waals surface area (Å²) in [6, 6.07) is 6.83. The van der Waals surface area contributed by atoms with Crippen LogP contribution in [0.1, 0.15) is 16.6 Å². The predicted molar refractivity (Wildman–Crippen MR) is 85.6 cm³/mol. The molecule has 4 N–H and O–H groups in total. The molecule has 0 aliphatic carbocycles. The molecule has 0 saturated carbocycles. The van der Waals surface area contributed by atoms with Gasteiger partial charge in [0.05, 0.1) is 0 Å². The first kappa shape index (κ1) is 17.9. The Morgan fingerprint density at radius 3 is 2.62 bits per heavy atom. The minimum Gasteiger partial charge on any atom is -0.507 e. The molecule has 0 bridgehead atoms. The number of aliphatic hydroxyl groups is 2. The van der Waals surface area contributed by atoms with E-state index in [9.17, 15) is 29.7 Å². The van der Waals surface area contributed by atoms with Crippen molar-refractivity contribution in [2.75, 3.05) is 6.61 Å².